The van der Waals surface area contributed by atoms with Crippen molar-refractivity contribution in [1.29, 1.82) is 0 Å². The van der Waals surface area contributed by atoms with E-state index in [1.807, 2.05) is 38.1 Å². The minimum absolute atomic E-state index is 0.0212. The maximum atomic E-state index is 12.0. The van der Waals surface area contributed by atoms with Gasteiger partial charge in [-0.05, 0) is 51.3 Å². The summed E-state index contributed by atoms with van der Waals surface area (Å²) in [5.41, 5.74) is 1.71. The Labute approximate surface area is 127 Å². The number of carbonyl (C=O) groups excluding carboxylic acids is 1. The van der Waals surface area contributed by atoms with Gasteiger partial charge in [0.25, 0.3) is 5.91 Å². The predicted molar refractivity (Wildman–Crippen MR) is 85.7 cm³/mol. The van der Waals surface area contributed by atoms with E-state index in [0.29, 0.717) is 17.7 Å². The lowest BCUT2D eigenvalue weighted by Crippen LogP contribution is -2.34. The summed E-state index contributed by atoms with van der Waals surface area (Å²) in [5, 5.41) is 6.45. The molecule has 2 rings (SSSR count). The number of ether oxygens (including phenoxy) is 1. The van der Waals surface area contributed by atoms with Crippen molar-refractivity contribution in [2.24, 2.45) is 0 Å². The first kappa shape index (κ1) is 15.8. The summed E-state index contributed by atoms with van der Waals surface area (Å²) < 4.78 is 5.70. The van der Waals surface area contributed by atoms with E-state index in [0.717, 1.165) is 31.6 Å². The summed E-state index contributed by atoms with van der Waals surface area (Å²) in [4.78, 5) is 12.0. The van der Waals surface area contributed by atoms with E-state index in [9.17, 15) is 4.79 Å². The summed E-state index contributed by atoms with van der Waals surface area (Å²) in [5.74, 6) is -0.0212. The fourth-order valence-electron chi connectivity index (χ4n) is 2.63. The van der Waals surface area contributed by atoms with Crippen LogP contribution in [0.1, 0.15) is 50.4 Å². The molecule has 1 aliphatic rings. The molecule has 0 aromatic heterocycles. The summed E-state index contributed by atoms with van der Waals surface area (Å²) in [6.45, 7) is 6.90. The Morgan fingerprint density at radius 3 is 2.95 bits per heavy atom. The topological polar surface area (TPSA) is 50.4 Å². The van der Waals surface area contributed by atoms with Crippen molar-refractivity contribution in [3.8, 4) is 0 Å². The second-order valence-electron chi connectivity index (χ2n) is 5.98. The number of anilines is 1. The van der Waals surface area contributed by atoms with Crippen molar-refractivity contribution < 1.29 is 9.53 Å². The van der Waals surface area contributed by atoms with E-state index in [2.05, 4.69) is 17.6 Å². The first-order chi connectivity index (χ1) is 10.1. The minimum Gasteiger partial charge on any atom is -0.382 e. The van der Waals surface area contributed by atoms with Crippen LogP contribution in [-0.4, -0.2) is 30.7 Å². The second kappa shape index (κ2) is 7.46. The number of rotatable bonds is 5. The Morgan fingerprint density at radius 1 is 1.43 bits per heavy atom. The van der Waals surface area contributed by atoms with Crippen molar-refractivity contribution in [3.05, 3.63) is 29.8 Å². The van der Waals surface area contributed by atoms with Crippen LogP contribution in [0.15, 0.2) is 24.3 Å². The Hall–Kier alpha value is -1.55. The SMILES string of the molecule is CCC1CC(Nc2cccc(C(=O)NC(C)C)c2)CCO1. The summed E-state index contributed by atoms with van der Waals surface area (Å²) in [6, 6.07) is 8.29. The normalized spacial score (nSPS) is 22.1. The third-order valence-electron chi connectivity index (χ3n) is 3.74. The molecule has 1 aromatic rings. The van der Waals surface area contributed by atoms with Crippen molar-refractivity contribution in [1.82, 2.24) is 5.32 Å². The summed E-state index contributed by atoms with van der Waals surface area (Å²) in [6.07, 6.45) is 3.44. The zero-order valence-corrected chi connectivity index (χ0v) is 13.2. The maximum Gasteiger partial charge on any atom is 0.251 e. The van der Waals surface area contributed by atoms with E-state index in [1.54, 1.807) is 0 Å². The van der Waals surface area contributed by atoms with E-state index in [-0.39, 0.29) is 11.9 Å². The fraction of sp³-hybridized carbons (Fsp3) is 0.588. The van der Waals surface area contributed by atoms with Crippen LogP contribution in [0.2, 0.25) is 0 Å². The molecule has 1 saturated heterocycles. The van der Waals surface area contributed by atoms with Crippen LogP contribution in [0.3, 0.4) is 0 Å². The molecule has 1 heterocycles. The average molecular weight is 290 g/mol. The Kier molecular flexibility index (Phi) is 5.62. The zero-order chi connectivity index (χ0) is 15.2. The number of benzene rings is 1. The second-order valence-corrected chi connectivity index (χ2v) is 5.98. The third-order valence-corrected chi connectivity index (χ3v) is 3.74. The van der Waals surface area contributed by atoms with Gasteiger partial charge < -0.3 is 15.4 Å². The molecule has 4 nitrogen and oxygen atoms in total. The number of nitrogens with one attached hydrogen (secondary N) is 2. The monoisotopic (exact) mass is 290 g/mol. The lowest BCUT2D eigenvalue weighted by atomic mass is 10.0. The first-order valence-electron chi connectivity index (χ1n) is 7.87. The van der Waals surface area contributed by atoms with Crippen molar-refractivity contribution in [2.75, 3.05) is 11.9 Å². The highest BCUT2D eigenvalue weighted by Gasteiger charge is 2.21. The van der Waals surface area contributed by atoms with Crippen LogP contribution < -0.4 is 10.6 Å². The highest BCUT2D eigenvalue weighted by atomic mass is 16.5. The highest BCUT2D eigenvalue weighted by molar-refractivity contribution is 5.95. The Bertz CT molecular complexity index is 474. The highest BCUT2D eigenvalue weighted by Crippen LogP contribution is 2.21. The van der Waals surface area contributed by atoms with Gasteiger partial charge in [0.2, 0.25) is 0 Å². The van der Waals surface area contributed by atoms with Crippen LogP contribution in [0.5, 0.6) is 0 Å². The molecule has 1 amide bonds. The maximum absolute atomic E-state index is 12.0. The molecule has 4 heteroatoms. The molecule has 116 valence electrons. The lowest BCUT2D eigenvalue weighted by Gasteiger charge is -2.30. The molecule has 0 bridgehead atoms. The largest absolute Gasteiger partial charge is 0.382 e. The first-order valence-corrected chi connectivity index (χ1v) is 7.87. The van der Waals surface area contributed by atoms with Gasteiger partial charge in [-0.15, -0.1) is 0 Å². The van der Waals surface area contributed by atoms with Crippen molar-refractivity contribution in [3.63, 3.8) is 0 Å². The van der Waals surface area contributed by atoms with Crippen LogP contribution in [0, 0.1) is 0 Å². The molecule has 1 aliphatic heterocycles. The van der Waals surface area contributed by atoms with E-state index in [4.69, 9.17) is 4.74 Å². The minimum atomic E-state index is -0.0212. The summed E-state index contributed by atoms with van der Waals surface area (Å²) >= 11 is 0. The molecule has 0 radical (unpaired) electrons. The number of amides is 1. The molecule has 2 N–H and O–H groups in total. The Morgan fingerprint density at radius 2 is 2.24 bits per heavy atom. The van der Waals surface area contributed by atoms with E-state index < -0.39 is 0 Å². The van der Waals surface area contributed by atoms with Crippen molar-refractivity contribution >= 4 is 11.6 Å². The van der Waals surface area contributed by atoms with Gasteiger partial charge in [0.1, 0.15) is 0 Å². The van der Waals surface area contributed by atoms with Gasteiger partial charge in [-0.1, -0.05) is 13.0 Å². The molecule has 21 heavy (non-hydrogen) atoms. The van der Waals surface area contributed by atoms with Crippen LogP contribution in [-0.2, 0) is 4.74 Å². The zero-order valence-electron chi connectivity index (χ0n) is 13.2. The average Bonchev–Trinajstić information content (AvgIpc) is 2.47. The van der Waals surface area contributed by atoms with Gasteiger partial charge in [0, 0.05) is 29.9 Å². The van der Waals surface area contributed by atoms with Gasteiger partial charge in [-0.2, -0.15) is 0 Å². The third kappa shape index (κ3) is 4.74. The van der Waals surface area contributed by atoms with E-state index in [1.165, 1.54) is 0 Å². The van der Waals surface area contributed by atoms with E-state index >= 15 is 0 Å². The van der Waals surface area contributed by atoms with Gasteiger partial charge >= 0.3 is 0 Å². The van der Waals surface area contributed by atoms with Gasteiger partial charge in [0.05, 0.1) is 6.10 Å². The molecular weight excluding hydrogens is 264 g/mol. The van der Waals surface area contributed by atoms with Gasteiger partial charge in [-0.3, -0.25) is 4.79 Å². The summed E-state index contributed by atoms with van der Waals surface area (Å²) in [7, 11) is 0. The molecule has 0 aliphatic carbocycles. The van der Waals surface area contributed by atoms with Crippen molar-refractivity contribution in [2.45, 2.75) is 58.2 Å². The number of hydrogen-bond acceptors (Lipinski definition) is 3. The molecule has 1 aromatic carbocycles. The lowest BCUT2D eigenvalue weighted by molar-refractivity contribution is 0.00925. The van der Waals surface area contributed by atoms with Crippen LogP contribution >= 0.6 is 0 Å². The van der Waals surface area contributed by atoms with Crippen LogP contribution in [0.4, 0.5) is 5.69 Å². The van der Waals surface area contributed by atoms with Gasteiger partial charge in [0.15, 0.2) is 0 Å². The molecular formula is C17H26N2O2. The van der Waals surface area contributed by atoms with Crippen LogP contribution in [0.25, 0.3) is 0 Å². The molecule has 0 spiro atoms. The number of carbonyl (C=O) groups is 1. The standard InChI is InChI=1S/C17H26N2O2/c1-4-16-11-15(8-9-21-16)19-14-7-5-6-13(10-14)17(20)18-12(2)3/h5-7,10,12,15-16,19H,4,8-9,11H2,1-3H3,(H,18,20). The molecule has 0 saturated carbocycles. The van der Waals surface area contributed by atoms with Gasteiger partial charge in [-0.25, -0.2) is 0 Å². The predicted octanol–water partition coefficient (Wildman–Crippen LogP) is 3.19. The fourth-order valence-corrected chi connectivity index (χ4v) is 2.63. The molecule has 1 fully saturated rings. The molecule has 2 unspecified atom stereocenters. The quantitative estimate of drug-likeness (QED) is 0.875. The smallest absolute Gasteiger partial charge is 0.251 e. The Balaban J connectivity index is 1.99. The molecule has 2 atom stereocenters. The number of hydrogen-bond donors (Lipinski definition) is 2.